The van der Waals surface area contributed by atoms with Crippen molar-refractivity contribution < 1.29 is 47.5 Å². The predicted molar refractivity (Wildman–Crippen MR) is 240 cm³/mol. The number of fused-ring (bicyclic) bond motifs is 8. The molecule has 0 unspecified atom stereocenters. The lowest BCUT2D eigenvalue weighted by Crippen LogP contribution is -2.37. The van der Waals surface area contributed by atoms with E-state index in [2.05, 4.69) is 16.9 Å². The molecule has 14 nitrogen and oxygen atoms in total. The fraction of sp³-hybridized carbons (Fsp3) is 0.300. The Labute approximate surface area is 371 Å². The molecular weight excluding hydrogens is 817 g/mol. The van der Waals surface area contributed by atoms with E-state index in [0.29, 0.717) is 79.4 Å². The molecule has 5 aromatic rings. The number of anilines is 2. The van der Waals surface area contributed by atoms with Crippen molar-refractivity contribution in [3.05, 3.63) is 137 Å². The topological polar surface area (TPSA) is 147 Å². The van der Waals surface area contributed by atoms with Crippen LogP contribution in [0.15, 0.2) is 113 Å². The van der Waals surface area contributed by atoms with E-state index in [9.17, 15) is 14.4 Å². The van der Waals surface area contributed by atoms with Gasteiger partial charge in [-0.25, -0.2) is 0 Å². The standard InChI is InChI=1S/C50H48N4O10/c1-58-48(55)14-15-59-16-17-60-18-19-61-20-21-62-41-23-33(31-63-39-10-12-42-44(27-39)51-29-37-25-35-6-2-4-8-46(35)53(37)49(42)56)22-34(24-41)32-64-40-11-13-43-45(28-40)52-30-38-26-36-7-3-5-9-47(36)54(38)50(43)57/h2-13,22-24,27-30,37-38H,14-21,25-26,31-32H2,1H3/t37-,38-/m0/s1. The summed E-state index contributed by atoms with van der Waals surface area (Å²) in [7, 11) is 1.35. The number of amides is 2. The Morgan fingerprint density at radius 1 is 0.562 bits per heavy atom. The molecule has 0 saturated carbocycles. The van der Waals surface area contributed by atoms with Crippen molar-refractivity contribution >= 4 is 53.0 Å². The first-order valence-corrected chi connectivity index (χ1v) is 21.4. The van der Waals surface area contributed by atoms with Crippen LogP contribution in [0.1, 0.15) is 49.4 Å². The van der Waals surface area contributed by atoms with E-state index in [1.54, 1.807) is 36.4 Å². The van der Waals surface area contributed by atoms with Crippen LogP contribution in [-0.4, -0.2) is 95.7 Å². The molecule has 328 valence electrons. The molecule has 64 heavy (non-hydrogen) atoms. The first kappa shape index (κ1) is 42.4. The number of methoxy groups -OCH3 is 1. The number of ether oxygens (including phenoxy) is 7. The average molecular weight is 865 g/mol. The fourth-order valence-corrected chi connectivity index (χ4v) is 8.29. The summed E-state index contributed by atoms with van der Waals surface area (Å²) >= 11 is 0. The monoisotopic (exact) mass is 864 g/mol. The molecule has 0 N–H and O–H groups in total. The van der Waals surface area contributed by atoms with Gasteiger partial charge in [0.1, 0.15) is 37.1 Å². The van der Waals surface area contributed by atoms with Crippen LogP contribution in [0.5, 0.6) is 17.2 Å². The van der Waals surface area contributed by atoms with Crippen LogP contribution in [0.25, 0.3) is 0 Å². The van der Waals surface area contributed by atoms with Gasteiger partial charge < -0.3 is 33.2 Å². The second-order valence-corrected chi connectivity index (χ2v) is 15.6. The summed E-state index contributed by atoms with van der Waals surface area (Å²) < 4.78 is 40.0. The highest BCUT2D eigenvalue weighted by Crippen LogP contribution is 2.39. The van der Waals surface area contributed by atoms with Gasteiger partial charge in [0, 0.05) is 48.8 Å². The van der Waals surface area contributed by atoms with Crippen LogP contribution in [0.4, 0.5) is 22.7 Å². The summed E-state index contributed by atoms with van der Waals surface area (Å²) in [5.74, 6) is 1.27. The number of hydrogen-bond donors (Lipinski definition) is 0. The maximum atomic E-state index is 13.8. The summed E-state index contributed by atoms with van der Waals surface area (Å²) in [4.78, 5) is 51.8. The van der Waals surface area contributed by atoms with Crippen LogP contribution in [0, 0.1) is 0 Å². The Hall–Kier alpha value is -6.87. The maximum absolute atomic E-state index is 13.8. The highest BCUT2D eigenvalue weighted by molar-refractivity contribution is 6.15. The van der Waals surface area contributed by atoms with Gasteiger partial charge in [0.15, 0.2) is 0 Å². The van der Waals surface area contributed by atoms with Crippen LogP contribution in [-0.2, 0) is 49.8 Å². The molecule has 0 aromatic heterocycles. The third-order valence-corrected chi connectivity index (χ3v) is 11.4. The summed E-state index contributed by atoms with van der Waals surface area (Å²) in [5, 5.41) is 0. The predicted octanol–water partition coefficient (Wildman–Crippen LogP) is 7.41. The van der Waals surface area contributed by atoms with Crippen LogP contribution >= 0.6 is 0 Å². The summed E-state index contributed by atoms with van der Waals surface area (Å²) in [6, 6.07) is 32.2. The number of carbonyl (C=O) groups is 3. The van der Waals surface area contributed by atoms with Crippen LogP contribution in [0.3, 0.4) is 0 Å². The number of para-hydroxylation sites is 2. The second-order valence-electron chi connectivity index (χ2n) is 15.6. The number of carbonyl (C=O) groups excluding carboxylic acids is 3. The molecule has 5 aromatic carbocycles. The van der Waals surface area contributed by atoms with Crippen molar-refractivity contribution in [3.8, 4) is 17.2 Å². The molecule has 9 rings (SSSR count). The van der Waals surface area contributed by atoms with Crippen molar-refractivity contribution in [1.82, 2.24) is 0 Å². The van der Waals surface area contributed by atoms with E-state index < -0.39 is 0 Å². The normalized spacial score (nSPS) is 16.5. The van der Waals surface area contributed by atoms with E-state index in [1.165, 1.54) is 7.11 Å². The molecule has 0 fully saturated rings. The second kappa shape index (κ2) is 19.7. The first-order chi connectivity index (χ1) is 31.4. The van der Waals surface area contributed by atoms with E-state index in [0.717, 1.165) is 46.5 Å². The summed E-state index contributed by atoms with van der Waals surface area (Å²) in [6.07, 6.45) is 5.35. The molecule has 14 heteroatoms. The lowest BCUT2D eigenvalue weighted by Gasteiger charge is -2.21. The number of nitrogens with zero attached hydrogens (tertiary/aromatic N) is 4. The molecule has 0 spiro atoms. The molecule has 0 aliphatic carbocycles. The van der Waals surface area contributed by atoms with Crippen LogP contribution < -0.4 is 24.0 Å². The minimum atomic E-state index is -0.312. The summed E-state index contributed by atoms with van der Waals surface area (Å²) in [6.45, 7) is 2.85. The van der Waals surface area contributed by atoms with Gasteiger partial charge in [-0.3, -0.25) is 34.2 Å². The van der Waals surface area contributed by atoms with Gasteiger partial charge in [0.05, 0.1) is 87.8 Å². The molecule has 4 aliphatic heterocycles. The Kier molecular flexibility index (Phi) is 13.0. The van der Waals surface area contributed by atoms with Crippen molar-refractivity contribution in [3.63, 3.8) is 0 Å². The quantitative estimate of drug-likeness (QED) is 0.0608. The zero-order chi connectivity index (χ0) is 43.8. The Balaban J connectivity index is 0.839. The molecule has 4 aliphatic rings. The summed E-state index contributed by atoms with van der Waals surface area (Å²) in [5.41, 5.74) is 7.94. The van der Waals surface area contributed by atoms with Crippen LogP contribution in [0.2, 0.25) is 0 Å². The van der Waals surface area contributed by atoms with Crippen molar-refractivity contribution in [1.29, 1.82) is 0 Å². The van der Waals surface area contributed by atoms with Gasteiger partial charge in [-0.05, 0) is 76.9 Å². The lowest BCUT2D eigenvalue weighted by molar-refractivity contribution is -0.141. The first-order valence-electron chi connectivity index (χ1n) is 21.4. The third kappa shape index (κ3) is 9.54. The molecular formula is C50H48N4O10. The number of esters is 1. The van der Waals surface area contributed by atoms with Gasteiger partial charge in [-0.1, -0.05) is 36.4 Å². The zero-order valence-corrected chi connectivity index (χ0v) is 35.5. The minimum absolute atomic E-state index is 0.0855. The number of aliphatic imine (C=N–C) groups is 2. The van der Waals surface area contributed by atoms with Gasteiger partial charge in [0.25, 0.3) is 11.8 Å². The van der Waals surface area contributed by atoms with Crippen molar-refractivity contribution in [2.75, 3.05) is 63.2 Å². The van der Waals surface area contributed by atoms with Crippen molar-refractivity contribution in [2.45, 2.75) is 44.6 Å². The van der Waals surface area contributed by atoms with Gasteiger partial charge in [-0.2, -0.15) is 0 Å². The van der Waals surface area contributed by atoms with E-state index in [-0.39, 0.29) is 56.1 Å². The average Bonchev–Trinajstić information content (AvgIpc) is 3.81. The van der Waals surface area contributed by atoms with E-state index >= 15 is 0 Å². The molecule has 2 amide bonds. The van der Waals surface area contributed by atoms with Gasteiger partial charge in [-0.15, -0.1) is 0 Å². The smallest absolute Gasteiger partial charge is 0.307 e. The van der Waals surface area contributed by atoms with E-state index in [4.69, 9.17) is 38.4 Å². The number of benzene rings is 5. The molecule has 0 bridgehead atoms. The highest BCUT2D eigenvalue weighted by Gasteiger charge is 2.37. The molecule has 2 atom stereocenters. The fourth-order valence-electron chi connectivity index (χ4n) is 8.29. The molecule has 4 heterocycles. The number of rotatable bonds is 19. The minimum Gasteiger partial charge on any atom is -0.491 e. The largest absolute Gasteiger partial charge is 0.491 e. The third-order valence-electron chi connectivity index (χ3n) is 11.4. The van der Waals surface area contributed by atoms with Gasteiger partial charge in [0.2, 0.25) is 0 Å². The van der Waals surface area contributed by atoms with Crippen molar-refractivity contribution in [2.24, 2.45) is 9.98 Å². The van der Waals surface area contributed by atoms with Gasteiger partial charge >= 0.3 is 5.97 Å². The Bertz CT molecular complexity index is 2440. The maximum Gasteiger partial charge on any atom is 0.307 e. The number of hydrogen-bond acceptors (Lipinski definition) is 12. The lowest BCUT2D eigenvalue weighted by atomic mass is 10.1. The SMILES string of the molecule is COC(=O)CCOCCOCCOCCOc1cc(COc2ccc3c(c2)N=C[C@@H]2Cc4ccccc4N2C3=O)cc(COc2ccc3c(c2)N=C[C@@H]2Cc4ccccc4N2C3=O)c1. The molecule has 0 saturated heterocycles. The zero-order valence-electron chi connectivity index (χ0n) is 35.5. The molecule has 0 radical (unpaired) electrons. The Morgan fingerprint density at radius 2 is 1.05 bits per heavy atom. The Morgan fingerprint density at radius 3 is 1.56 bits per heavy atom. The highest BCUT2D eigenvalue weighted by atomic mass is 16.6. The van der Waals surface area contributed by atoms with E-state index in [1.807, 2.05) is 76.8 Å².